The Bertz CT molecular complexity index is 1110. The molecule has 0 spiro atoms. The Hall–Kier alpha value is -3.03. The molecule has 174 valence electrons. The van der Waals surface area contributed by atoms with Gasteiger partial charge in [0.1, 0.15) is 11.3 Å². The van der Waals surface area contributed by atoms with E-state index >= 15 is 0 Å². The number of carbonyl (C=O) groups is 3. The molecule has 0 aromatic heterocycles. The van der Waals surface area contributed by atoms with Crippen LogP contribution in [0.15, 0.2) is 42.5 Å². The van der Waals surface area contributed by atoms with E-state index in [1.807, 2.05) is 30.3 Å². The fourth-order valence-electron chi connectivity index (χ4n) is 3.93. The Morgan fingerprint density at radius 2 is 1.76 bits per heavy atom. The summed E-state index contributed by atoms with van der Waals surface area (Å²) in [6.07, 6.45) is 3.23. The lowest BCUT2D eigenvalue weighted by atomic mass is 9.87. The van der Waals surface area contributed by atoms with Gasteiger partial charge in [-0.15, -0.1) is 0 Å². The minimum Gasteiger partial charge on any atom is -0.496 e. The highest BCUT2D eigenvalue weighted by Crippen LogP contribution is 2.39. The third kappa shape index (κ3) is 5.31. The second-order valence-corrected chi connectivity index (χ2v) is 8.54. The van der Waals surface area contributed by atoms with E-state index in [4.69, 9.17) is 27.9 Å². The van der Waals surface area contributed by atoms with Crippen LogP contribution in [-0.2, 0) is 14.4 Å². The number of carbonyl (C=O) groups excluding carboxylic acids is 2. The van der Waals surface area contributed by atoms with Crippen molar-refractivity contribution in [3.8, 4) is 16.9 Å². The van der Waals surface area contributed by atoms with E-state index in [-0.39, 0.29) is 31.8 Å². The second-order valence-electron chi connectivity index (χ2n) is 7.75. The summed E-state index contributed by atoms with van der Waals surface area (Å²) in [6, 6.07) is 10.9. The third-order valence-electron chi connectivity index (χ3n) is 5.68. The number of ether oxygens (including phenoxy) is 1. The number of aliphatic carboxylic acids is 1. The third-order valence-corrected chi connectivity index (χ3v) is 6.49. The average Bonchev–Trinajstić information content (AvgIpc) is 2.79. The molecule has 3 rings (SSSR count). The molecule has 1 saturated heterocycles. The van der Waals surface area contributed by atoms with Crippen LogP contribution in [0.1, 0.15) is 25.3 Å². The molecule has 0 saturated carbocycles. The first kappa shape index (κ1) is 24.6. The van der Waals surface area contributed by atoms with Crippen LogP contribution in [0.5, 0.6) is 5.75 Å². The number of rotatable bonds is 6. The van der Waals surface area contributed by atoms with Crippen LogP contribution in [0.2, 0.25) is 10.0 Å². The molecule has 9 heteroatoms. The van der Waals surface area contributed by atoms with Crippen LogP contribution in [0.3, 0.4) is 0 Å². The summed E-state index contributed by atoms with van der Waals surface area (Å²) in [6.45, 7) is 1.66. The molecule has 2 N–H and O–H groups in total. The molecule has 1 fully saturated rings. The Balaban J connectivity index is 1.84. The standard InChI is InChI=1S/C24H24Cl2N2O5/c1-15(29)27-24(23(31)32)11-13-28(14-12-24)21(30)10-8-18-16(7-9-19(25)22(18)26)17-5-3-4-6-20(17)33-2/h3-10H,11-14H2,1-2H3,(H,27,29)(H,31,32)/b10-8+. The number of nitrogens with zero attached hydrogens (tertiary/aromatic N) is 1. The zero-order chi connectivity index (χ0) is 24.2. The predicted octanol–water partition coefficient (Wildman–Crippen LogP) is 4.26. The maximum atomic E-state index is 12.8. The van der Waals surface area contributed by atoms with Gasteiger partial charge in [-0.1, -0.05) is 47.5 Å². The molecule has 1 aliphatic heterocycles. The summed E-state index contributed by atoms with van der Waals surface area (Å²) >= 11 is 12.7. The van der Waals surface area contributed by atoms with Gasteiger partial charge in [0.05, 0.1) is 17.2 Å². The minimum atomic E-state index is -1.36. The van der Waals surface area contributed by atoms with E-state index in [1.165, 1.54) is 13.0 Å². The van der Waals surface area contributed by atoms with Gasteiger partial charge >= 0.3 is 5.97 Å². The van der Waals surface area contributed by atoms with Crippen molar-refractivity contribution in [3.63, 3.8) is 0 Å². The smallest absolute Gasteiger partial charge is 0.329 e. The number of nitrogens with one attached hydrogen (secondary N) is 1. The number of hydrogen-bond donors (Lipinski definition) is 2. The van der Waals surface area contributed by atoms with Gasteiger partial charge in [0.15, 0.2) is 0 Å². The molecule has 0 radical (unpaired) electrons. The van der Waals surface area contributed by atoms with E-state index in [9.17, 15) is 19.5 Å². The number of hydrogen-bond acceptors (Lipinski definition) is 4. The highest BCUT2D eigenvalue weighted by molar-refractivity contribution is 6.43. The summed E-state index contributed by atoms with van der Waals surface area (Å²) in [7, 11) is 1.57. The Labute approximate surface area is 201 Å². The highest BCUT2D eigenvalue weighted by atomic mass is 35.5. The molecule has 1 heterocycles. The molecular formula is C24H24Cl2N2O5. The summed E-state index contributed by atoms with van der Waals surface area (Å²) in [4.78, 5) is 37.6. The Kier molecular flexibility index (Phi) is 7.66. The van der Waals surface area contributed by atoms with E-state index in [2.05, 4.69) is 5.32 Å². The molecule has 0 atom stereocenters. The van der Waals surface area contributed by atoms with Crippen molar-refractivity contribution in [2.24, 2.45) is 0 Å². The van der Waals surface area contributed by atoms with E-state index in [1.54, 1.807) is 24.2 Å². The van der Waals surface area contributed by atoms with Crippen molar-refractivity contribution in [3.05, 3.63) is 58.1 Å². The van der Waals surface area contributed by atoms with Crippen LogP contribution < -0.4 is 10.1 Å². The molecule has 2 aromatic carbocycles. The number of para-hydroxylation sites is 1. The van der Waals surface area contributed by atoms with Crippen LogP contribution in [0.25, 0.3) is 17.2 Å². The Morgan fingerprint density at radius 1 is 1.09 bits per heavy atom. The first-order chi connectivity index (χ1) is 15.7. The Morgan fingerprint density at radius 3 is 2.36 bits per heavy atom. The number of methoxy groups -OCH3 is 1. The van der Waals surface area contributed by atoms with Crippen molar-refractivity contribution >= 4 is 47.1 Å². The normalized spacial score (nSPS) is 15.3. The summed E-state index contributed by atoms with van der Waals surface area (Å²) in [5.41, 5.74) is 0.752. The largest absolute Gasteiger partial charge is 0.496 e. The molecular weight excluding hydrogens is 467 g/mol. The molecule has 2 amide bonds. The van der Waals surface area contributed by atoms with Gasteiger partial charge in [0, 0.05) is 37.2 Å². The van der Waals surface area contributed by atoms with Crippen molar-refractivity contribution in [2.45, 2.75) is 25.3 Å². The first-order valence-electron chi connectivity index (χ1n) is 10.3. The topological polar surface area (TPSA) is 95.9 Å². The first-order valence-corrected chi connectivity index (χ1v) is 11.0. The summed E-state index contributed by atoms with van der Waals surface area (Å²) in [5.74, 6) is -1.17. The summed E-state index contributed by atoms with van der Waals surface area (Å²) < 4.78 is 5.46. The number of carboxylic acid groups (broad SMARTS) is 1. The van der Waals surface area contributed by atoms with Crippen molar-refractivity contribution in [1.29, 1.82) is 0 Å². The zero-order valence-corrected chi connectivity index (χ0v) is 19.7. The minimum absolute atomic E-state index is 0.117. The van der Waals surface area contributed by atoms with Gasteiger partial charge in [0.25, 0.3) is 0 Å². The van der Waals surface area contributed by atoms with Gasteiger partial charge in [-0.2, -0.15) is 0 Å². The average molecular weight is 491 g/mol. The van der Waals surface area contributed by atoms with Crippen LogP contribution >= 0.6 is 23.2 Å². The van der Waals surface area contributed by atoms with E-state index < -0.39 is 17.4 Å². The fourth-order valence-corrected chi connectivity index (χ4v) is 4.32. The number of benzene rings is 2. The molecule has 0 bridgehead atoms. The maximum Gasteiger partial charge on any atom is 0.329 e. The van der Waals surface area contributed by atoms with Gasteiger partial charge < -0.3 is 20.1 Å². The van der Waals surface area contributed by atoms with Gasteiger partial charge in [-0.25, -0.2) is 4.79 Å². The lowest BCUT2D eigenvalue weighted by molar-refractivity contribution is -0.151. The van der Waals surface area contributed by atoms with Crippen LogP contribution in [0.4, 0.5) is 0 Å². The number of likely N-dealkylation sites (tertiary alicyclic amines) is 1. The van der Waals surface area contributed by atoms with Crippen molar-refractivity contribution < 1.29 is 24.2 Å². The lowest BCUT2D eigenvalue weighted by Crippen LogP contribution is -2.60. The predicted molar refractivity (Wildman–Crippen MR) is 127 cm³/mol. The lowest BCUT2D eigenvalue weighted by Gasteiger charge is -2.38. The number of halogens is 2. The monoisotopic (exact) mass is 490 g/mol. The quantitative estimate of drug-likeness (QED) is 0.589. The van der Waals surface area contributed by atoms with Gasteiger partial charge in [-0.3, -0.25) is 9.59 Å². The number of amides is 2. The highest BCUT2D eigenvalue weighted by Gasteiger charge is 2.42. The molecule has 33 heavy (non-hydrogen) atoms. The number of carboxylic acids is 1. The van der Waals surface area contributed by atoms with Gasteiger partial charge in [-0.05, 0) is 36.6 Å². The van der Waals surface area contributed by atoms with Crippen LogP contribution in [-0.4, -0.2) is 53.5 Å². The molecule has 0 unspecified atom stereocenters. The maximum absolute atomic E-state index is 12.8. The van der Waals surface area contributed by atoms with Crippen molar-refractivity contribution in [1.82, 2.24) is 10.2 Å². The molecule has 1 aliphatic rings. The van der Waals surface area contributed by atoms with E-state index in [0.29, 0.717) is 21.4 Å². The molecule has 7 nitrogen and oxygen atoms in total. The van der Waals surface area contributed by atoms with Crippen LogP contribution in [0, 0.1) is 0 Å². The summed E-state index contributed by atoms with van der Waals surface area (Å²) in [5, 5.41) is 12.8. The van der Waals surface area contributed by atoms with Gasteiger partial charge in [0.2, 0.25) is 11.8 Å². The second kappa shape index (κ2) is 10.3. The zero-order valence-electron chi connectivity index (χ0n) is 18.2. The number of piperidine rings is 1. The SMILES string of the molecule is COc1ccccc1-c1ccc(Cl)c(Cl)c1/C=C/C(=O)N1CCC(NC(C)=O)(C(=O)O)CC1. The van der Waals surface area contributed by atoms with E-state index in [0.717, 1.165) is 11.1 Å². The molecule has 2 aromatic rings. The molecule has 0 aliphatic carbocycles. The van der Waals surface area contributed by atoms with Crippen molar-refractivity contribution in [2.75, 3.05) is 20.2 Å². The fraction of sp³-hybridized carbons (Fsp3) is 0.292.